The number of amides is 2. The molecule has 136 valence electrons. The molecule has 0 aliphatic heterocycles. The van der Waals surface area contributed by atoms with Crippen LogP contribution in [0.4, 0.5) is 4.79 Å². The van der Waals surface area contributed by atoms with E-state index in [4.69, 9.17) is 4.74 Å². The van der Waals surface area contributed by atoms with E-state index in [1.54, 1.807) is 0 Å². The molecule has 0 heterocycles. The summed E-state index contributed by atoms with van der Waals surface area (Å²) in [5.41, 5.74) is -0.444. The number of unbranched alkanes of at least 4 members (excludes halogenated alkanes) is 5. The van der Waals surface area contributed by atoms with Crippen LogP contribution in [0.25, 0.3) is 0 Å². The van der Waals surface area contributed by atoms with E-state index < -0.39 is 5.60 Å². The molecular formula is C18H36N2O3. The summed E-state index contributed by atoms with van der Waals surface area (Å²) in [7, 11) is 1.89. The van der Waals surface area contributed by atoms with Gasteiger partial charge in [-0.15, -0.1) is 0 Å². The fourth-order valence-electron chi connectivity index (χ4n) is 2.15. The summed E-state index contributed by atoms with van der Waals surface area (Å²) in [4.78, 5) is 25.1. The molecule has 0 aliphatic rings. The van der Waals surface area contributed by atoms with Gasteiger partial charge in [-0.1, -0.05) is 32.6 Å². The molecule has 23 heavy (non-hydrogen) atoms. The highest BCUT2D eigenvalue weighted by atomic mass is 16.6. The molecule has 0 saturated carbocycles. The minimum Gasteiger partial charge on any atom is -0.444 e. The van der Waals surface area contributed by atoms with E-state index >= 15 is 0 Å². The average Bonchev–Trinajstić information content (AvgIpc) is 2.45. The Morgan fingerprint density at radius 2 is 1.61 bits per heavy atom. The average molecular weight is 328 g/mol. The number of carbonyl (C=O) groups is 2. The van der Waals surface area contributed by atoms with Gasteiger partial charge >= 0.3 is 6.09 Å². The van der Waals surface area contributed by atoms with Crippen molar-refractivity contribution in [2.45, 2.75) is 84.7 Å². The highest BCUT2D eigenvalue weighted by Crippen LogP contribution is 2.08. The van der Waals surface area contributed by atoms with Gasteiger partial charge in [0.15, 0.2) is 0 Å². The number of hydrogen-bond acceptors (Lipinski definition) is 3. The molecule has 0 fully saturated rings. The standard InChI is InChI=1S/C18H36N2O3/c1-6-7-15-20(5)16(21)13-11-9-8-10-12-14-19-17(22)23-18(2,3)4/h6-15H2,1-5H3,(H,19,22). The third-order valence-electron chi connectivity index (χ3n) is 3.51. The van der Waals surface area contributed by atoms with Crippen LogP contribution < -0.4 is 5.32 Å². The van der Waals surface area contributed by atoms with E-state index in [0.717, 1.165) is 51.5 Å². The highest BCUT2D eigenvalue weighted by Gasteiger charge is 2.15. The summed E-state index contributed by atoms with van der Waals surface area (Å²) < 4.78 is 5.17. The summed E-state index contributed by atoms with van der Waals surface area (Å²) in [5.74, 6) is 0.255. The Hall–Kier alpha value is -1.26. The van der Waals surface area contributed by atoms with Crippen molar-refractivity contribution in [1.82, 2.24) is 10.2 Å². The van der Waals surface area contributed by atoms with Gasteiger partial charge in [-0.3, -0.25) is 4.79 Å². The molecule has 0 radical (unpaired) electrons. The van der Waals surface area contributed by atoms with Gasteiger partial charge in [0.2, 0.25) is 5.91 Å². The molecule has 0 rings (SSSR count). The van der Waals surface area contributed by atoms with Gasteiger partial charge in [0.05, 0.1) is 0 Å². The van der Waals surface area contributed by atoms with E-state index in [0.29, 0.717) is 13.0 Å². The van der Waals surface area contributed by atoms with Crippen LogP contribution in [-0.2, 0) is 9.53 Å². The second-order valence-corrected chi connectivity index (χ2v) is 7.12. The van der Waals surface area contributed by atoms with Crippen molar-refractivity contribution in [3.05, 3.63) is 0 Å². The van der Waals surface area contributed by atoms with Crippen LogP contribution in [-0.4, -0.2) is 42.6 Å². The van der Waals surface area contributed by atoms with Crippen molar-refractivity contribution in [1.29, 1.82) is 0 Å². The van der Waals surface area contributed by atoms with E-state index in [1.165, 1.54) is 0 Å². The Labute approximate surface area is 142 Å². The van der Waals surface area contributed by atoms with E-state index in [2.05, 4.69) is 12.2 Å². The zero-order valence-corrected chi connectivity index (χ0v) is 15.7. The molecule has 0 atom stereocenters. The van der Waals surface area contributed by atoms with Crippen LogP contribution >= 0.6 is 0 Å². The van der Waals surface area contributed by atoms with Crippen molar-refractivity contribution >= 4 is 12.0 Å². The fraction of sp³-hybridized carbons (Fsp3) is 0.889. The molecule has 2 amide bonds. The SMILES string of the molecule is CCCCN(C)C(=O)CCCCCCCNC(=O)OC(C)(C)C. The topological polar surface area (TPSA) is 58.6 Å². The maximum Gasteiger partial charge on any atom is 0.407 e. The number of hydrogen-bond donors (Lipinski definition) is 1. The molecule has 5 nitrogen and oxygen atoms in total. The lowest BCUT2D eigenvalue weighted by Crippen LogP contribution is -2.32. The Balaban J connectivity index is 3.46. The van der Waals surface area contributed by atoms with E-state index in [-0.39, 0.29) is 12.0 Å². The predicted octanol–water partition coefficient (Wildman–Crippen LogP) is 4.11. The maximum atomic E-state index is 11.8. The fourth-order valence-corrected chi connectivity index (χ4v) is 2.15. The number of carbonyl (C=O) groups excluding carboxylic acids is 2. The molecule has 0 aromatic heterocycles. The van der Waals surface area contributed by atoms with Crippen LogP contribution in [0.2, 0.25) is 0 Å². The van der Waals surface area contributed by atoms with Gasteiger partial charge in [-0.05, 0) is 40.0 Å². The molecule has 0 unspecified atom stereocenters. The molecule has 1 N–H and O–H groups in total. The van der Waals surface area contributed by atoms with Crippen LogP contribution in [0.1, 0.15) is 79.1 Å². The zero-order chi connectivity index (χ0) is 17.7. The van der Waals surface area contributed by atoms with Gasteiger partial charge in [-0.2, -0.15) is 0 Å². The van der Waals surface area contributed by atoms with Crippen LogP contribution in [0.5, 0.6) is 0 Å². The molecule has 0 spiro atoms. The van der Waals surface area contributed by atoms with Gasteiger partial charge in [0.25, 0.3) is 0 Å². The maximum absolute atomic E-state index is 11.8. The Kier molecular flexibility index (Phi) is 11.5. The second kappa shape index (κ2) is 12.2. The lowest BCUT2D eigenvalue weighted by Gasteiger charge is -2.19. The normalized spacial score (nSPS) is 11.2. The molecule has 0 aliphatic carbocycles. The van der Waals surface area contributed by atoms with E-state index in [9.17, 15) is 9.59 Å². The molecule has 0 aromatic carbocycles. The third-order valence-corrected chi connectivity index (χ3v) is 3.51. The van der Waals surface area contributed by atoms with Gasteiger partial charge in [-0.25, -0.2) is 4.79 Å². The van der Waals surface area contributed by atoms with Crippen molar-refractivity contribution in [2.24, 2.45) is 0 Å². The first-order valence-corrected chi connectivity index (χ1v) is 8.97. The molecule has 0 aromatic rings. The third kappa shape index (κ3) is 14.1. The predicted molar refractivity (Wildman–Crippen MR) is 94.5 cm³/mol. The van der Waals surface area contributed by atoms with Gasteiger partial charge in [0, 0.05) is 26.6 Å². The number of alkyl carbamates (subject to hydrolysis) is 1. The van der Waals surface area contributed by atoms with Crippen molar-refractivity contribution in [3.8, 4) is 0 Å². The first-order chi connectivity index (χ1) is 10.8. The molecule has 0 bridgehead atoms. The van der Waals surface area contributed by atoms with Crippen LogP contribution in [0.3, 0.4) is 0 Å². The molecule has 0 saturated heterocycles. The lowest BCUT2D eigenvalue weighted by atomic mass is 10.1. The monoisotopic (exact) mass is 328 g/mol. The molecular weight excluding hydrogens is 292 g/mol. The summed E-state index contributed by atoms with van der Waals surface area (Å²) >= 11 is 0. The zero-order valence-electron chi connectivity index (χ0n) is 15.7. The smallest absolute Gasteiger partial charge is 0.407 e. The Morgan fingerprint density at radius 1 is 1.00 bits per heavy atom. The number of nitrogens with zero attached hydrogens (tertiary/aromatic N) is 1. The summed E-state index contributed by atoms with van der Waals surface area (Å²) in [6, 6.07) is 0. The van der Waals surface area contributed by atoms with Crippen molar-refractivity contribution in [2.75, 3.05) is 20.1 Å². The Morgan fingerprint density at radius 3 is 2.22 bits per heavy atom. The van der Waals surface area contributed by atoms with Gasteiger partial charge in [0.1, 0.15) is 5.60 Å². The quantitative estimate of drug-likeness (QED) is 0.581. The minimum atomic E-state index is -0.444. The van der Waals surface area contributed by atoms with E-state index in [1.807, 2.05) is 32.7 Å². The van der Waals surface area contributed by atoms with Crippen molar-refractivity contribution < 1.29 is 14.3 Å². The molecule has 5 heteroatoms. The Bertz CT molecular complexity index is 338. The largest absolute Gasteiger partial charge is 0.444 e. The summed E-state index contributed by atoms with van der Waals surface area (Å²) in [6.45, 7) is 9.21. The summed E-state index contributed by atoms with van der Waals surface area (Å²) in [6.07, 6.45) is 7.63. The van der Waals surface area contributed by atoms with Crippen LogP contribution in [0, 0.1) is 0 Å². The first kappa shape index (κ1) is 21.7. The highest BCUT2D eigenvalue weighted by molar-refractivity contribution is 5.75. The lowest BCUT2D eigenvalue weighted by molar-refractivity contribution is -0.130. The number of rotatable bonds is 11. The van der Waals surface area contributed by atoms with Crippen molar-refractivity contribution in [3.63, 3.8) is 0 Å². The summed E-state index contributed by atoms with van der Waals surface area (Å²) in [5, 5.41) is 2.76. The first-order valence-electron chi connectivity index (χ1n) is 8.97. The minimum absolute atomic E-state index is 0.255. The van der Waals surface area contributed by atoms with Crippen LogP contribution in [0.15, 0.2) is 0 Å². The van der Waals surface area contributed by atoms with Gasteiger partial charge < -0.3 is 15.0 Å². The number of ether oxygens (including phenoxy) is 1. The number of nitrogens with one attached hydrogen (secondary N) is 1. The second-order valence-electron chi connectivity index (χ2n) is 7.12.